The zero-order valence-corrected chi connectivity index (χ0v) is 16.1. The van der Waals surface area contributed by atoms with Gasteiger partial charge in [0.1, 0.15) is 0 Å². The number of carbonyl (C=O) groups excluding carboxylic acids is 2. The maximum Gasteiger partial charge on any atom is 0.275 e. The lowest BCUT2D eigenvalue weighted by Crippen LogP contribution is -2.33. The maximum absolute atomic E-state index is 12.6. The Morgan fingerprint density at radius 3 is 2.73 bits per heavy atom. The summed E-state index contributed by atoms with van der Waals surface area (Å²) < 4.78 is 1.80. The highest BCUT2D eigenvalue weighted by Gasteiger charge is 2.30. The predicted molar refractivity (Wildman–Crippen MR) is 98.5 cm³/mol. The summed E-state index contributed by atoms with van der Waals surface area (Å²) in [5.74, 6) is 1.07. The van der Waals surface area contributed by atoms with E-state index in [4.69, 9.17) is 0 Å². The lowest BCUT2D eigenvalue weighted by atomic mass is 9.87. The lowest BCUT2D eigenvalue weighted by molar-refractivity contribution is -0.127. The second kappa shape index (κ2) is 8.64. The van der Waals surface area contributed by atoms with E-state index in [0.29, 0.717) is 18.7 Å². The van der Waals surface area contributed by atoms with Gasteiger partial charge in [0, 0.05) is 45.6 Å². The van der Waals surface area contributed by atoms with Crippen LogP contribution in [0.4, 0.5) is 0 Å². The third-order valence-corrected chi connectivity index (χ3v) is 5.80. The number of nitrogens with zero attached hydrogens (tertiary/aromatic N) is 5. The molecule has 0 unspecified atom stereocenters. The van der Waals surface area contributed by atoms with Gasteiger partial charge in [-0.15, -0.1) is 5.10 Å². The highest BCUT2D eigenvalue weighted by Crippen LogP contribution is 2.26. The van der Waals surface area contributed by atoms with Gasteiger partial charge in [-0.3, -0.25) is 14.3 Å². The van der Waals surface area contributed by atoms with Crippen molar-refractivity contribution >= 4 is 11.8 Å². The standard InChI is InChI=1S/C19H31N5O2/c1-3-23-13-16(11-18(23)25)12-22(2)19(26)17-14-24(21-20-17)10-9-15-7-5-4-6-8-15/h14-16H,3-13H2,1-2H3/t16-/m0/s1. The van der Waals surface area contributed by atoms with Crippen molar-refractivity contribution < 1.29 is 9.59 Å². The van der Waals surface area contributed by atoms with Gasteiger partial charge >= 0.3 is 0 Å². The van der Waals surface area contributed by atoms with E-state index in [-0.39, 0.29) is 17.7 Å². The molecule has 0 N–H and O–H groups in total. The third kappa shape index (κ3) is 4.62. The molecule has 2 heterocycles. The quantitative estimate of drug-likeness (QED) is 0.746. The van der Waals surface area contributed by atoms with E-state index in [1.807, 2.05) is 11.8 Å². The summed E-state index contributed by atoms with van der Waals surface area (Å²) >= 11 is 0. The molecule has 1 atom stereocenters. The van der Waals surface area contributed by atoms with Crippen LogP contribution >= 0.6 is 0 Å². The first-order valence-corrected chi connectivity index (χ1v) is 10.00. The topological polar surface area (TPSA) is 71.3 Å². The van der Waals surface area contributed by atoms with Gasteiger partial charge in [-0.1, -0.05) is 37.3 Å². The molecule has 2 aliphatic rings. The van der Waals surface area contributed by atoms with Gasteiger partial charge in [-0.2, -0.15) is 0 Å². The molecule has 1 aliphatic heterocycles. The lowest BCUT2D eigenvalue weighted by Gasteiger charge is -2.21. The van der Waals surface area contributed by atoms with Crippen molar-refractivity contribution in [1.29, 1.82) is 0 Å². The van der Waals surface area contributed by atoms with Gasteiger partial charge in [0.25, 0.3) is 5.91 Å². The number of hydrogen-bond acceptors (Lipinski definition) is 4. The van der Waals surface area contributed by atoms with Gasteiger partial charge in [0.15, 0.2) is 5.69 Å². The first-order valence-electron chi connectivity index (χ1n) is 10.00. The molecule has 144 valence electrons. The fraction of sp³-hybridized carbons (Fsp3) is 0.789. The number of aromatic nitrogens is 3. The van der Waals surface area contributed by atoms with Crippen LogP contribution in [0.2, 0.25) is 0 Å². The molecule has 0 spiro atoms. The molecule has 26 heavy (non-hydrogen) atoms. The Bertz CT molecular complexity index is 623. The number of amides is 2. The molecule has 7 nitrogen and oxygen atoms in total. The summed E-state index contributed by atoms with van der Waals surface area (Å²) in [5, 5.41) is 8.20. The number of carbonyl (C=O) groups is 2. The average molecular weight is 361 g/mol. The van der Waals surface area contributed by atoms with E-state index in [1.165, 1.54) is 32.1 Å². The van der Waals surface area contributed by atoms with E-state index in [2.05, 4.69) is 10.3 Å². The van der Waals surface area contributed by atoms with Crippen LogP contribution in [0.1, 0.15) is 62.4 Å². The van der Waals surface area contributed by atoms with Crippen LogP contribution in [-0.2, 0) is 11.3 Å². The molecule has 2 amide bonds. The molecular weight excluding hydrogens is 330 g/mol. The van der Waals surface area contributed by atoms with Crippen molar-refractivity contribution in [2.75, 3.05) is 26.7 Å². The van der Waals surface area contributed by atoms with Crippen LogP contribution in [-0.4, -0.2) is 63.3 Å². The monoisotopic (exact) mass is 361 g/mol. The van der Waals surface area contributed by atoms with E-state index in [9.17, 15) is 9.59 Å². The van der Waals surface area contributed by atoms with Gasteiger partial charge < -0.3 is 9.80 Å². The van der Waals surface area contributed by atoms with Gasteiger partial charge in [-0.05, 0) is 19.3 Å². The molecule has 7 heteroatoms. The normalized spacial score (nSPS) is 21.4. The minimum Gasteiger partial charge on any atom is -0.343 e. The first kappa shape index (κ1) is 18.9. The van der Waals surface area contributed by atoms with E-state index >= 15 is 0 Å². The molecule has 1 aliphatic carbocycles. The third-order valence-electron chi connectivity index (χ3n) is 5.80. The molecular formula is C19H31N5O2. The second-order valence-electron chi connectivity index (χ2n) is 7.85. The predicted octanol–water partition coefficient (Wildman–Crippen LogP) is 2.19. The fourth-order valence-corrected chi connectivity index (χ4v) is 4.24. The number of rotatable bonds is 7. The van der Waals surface area contributed by atoms with Crippen LogP contribution in [0.25, 0.3) is 0 Å². The summed E-state index contributed by atoms with van der Waals surface area (Å²) in [7, 11) is 1.78. The zero-order chi connectivity index (χ0) is 18.5. The number of aryl methyl sites for hydroxylation is 1. The summed E-state index contributed by atoms with van der Waals surface area (Å²) in [6, 6.07) is 0. The van der Waals surface area contributed by atoms with Crippen molar-refractivity contribution in [2.24, 2.45) is 11.8 Å². The highest BCUT2D eigenvalue weighted by molar-refractivity contribution is 5.91. The Kier molecular flexibility index (Phi) is 6.27. The van der Waals surface area contributed by atoms with Gasteiger partial charge in [0.05, 0.1) is 6.20 Å². The molecule has 3 rings (SSSR count). The minimum absolute atomic E-state index is 0.115. The van der Waals surface area contributed by atoms with Crippen molar-refractivity contribution in [3.8, 4) is 0 Å². The zero-order valence-electron chi connectivity index (χ0n) is 16.1. The largest absolute Gasteiger partial charge is 0.343 e. The van der Waals surface area contributed by atoms with Gasteiger partial charge in [-0.25, -0.2) is 0 Å². The summed E-state index contributed by atoms with van der Waals surface area (Å²) in [6.45, 7) is 4.87. The van der Waals surface area contributed by atoms with Gasteiger partial charge in [0.2, 0.25) is 5.91 Å². The Balaban J connectivity index is 1.48. The highest BCUT2D eigenvalue weighted by atomic mass is 16.2. The van der Waals surface area contributed by atoms with E-state index in [1.54, 1.807) is 22.8 Å². The Morgan fingerprint density at radius 1 is 1.27 bits per heavy atom. The van der Waals surface area contributed by atoms with Crippen molar-refractivity contribution in [1.82, 2.24) is 24.8 Å². The molecule has 1 aromatic heterocycles. The molecule has 0 bridgehead atoms. The van der Waals surface area contributed by atoms with E-state index < -0.39 is 0 Å². The second-order valence-corrected chi connectivity index (χ2v) is 7.85. The van der Waals surface area contributed by atoms with Crippen molar-refractivity contribution in [3.63, 3.8) is 0 Å². The van der Waals surface area contributed by atoms with E-state index in [0.717, 1.165) is 32.0 Å². The first-order chi connectivity index (χ1) is 12.6. The molecule has 1 aromatic rings. The molecule has 1 saturated carbocycles. The molecule has 1 saturated heterocycles. The van der Waals surface area contributed by atoms with Crippen molar-refractivity contribution in [2.45, 2.75) is 58.4 Å². The van der Waals surface area contributed by atoms with Crippen LogP contribution in [0.3, 0.4) is 0 Å². The summed E-state index contributed by atoms with van der Waals surface area (Å²) in [6.07, 6.45) is 10.1. The minimum atomic E-state index is -0.115. The Morgan fingerprint density at radius 2 is 2.04 bits per heavy atom. The van der Waals surface area contributed by atoms with Crippen LogP contribution in [0.5, 0.6) is 0 Å². The SMILES string of the molecule is CCN1C[C@H](CN(C)C(=O)c2cn(CCC3CCCCC3)nn2)CC1=O. The Labute approximate surface area is 155 Å². The summed E-state index contributed by atoms with van der Waals surface area (Å²) in [4.78, 5) is 28.0. The fourth-order valence-electron chi connectivity index (χ4n) is 4.24. The van der Waals surface area contributed by atoms with Crippen LogP contribution < -0.4 is 0 Å². The number of hydrogen-bond donors (Lipinski definition) is 0. The van der Waals surface area contributed by atoms with Crippen LogP contribution in [0.15, 0.2) is 6.20 Å². The average Bonchev–Trinajstić information content (AvgIpc) is 3.26. The smallest absolute Gasteiger partial charge is 0.275 e. The molecule has 0 radical (unpaired) electrons. The number of likely N-dealkylation sites (tertiary alicyclic amines) is 1. The van der Waals surface area contributed by atoms with Crippen LogP contribution in [0, 0.1) is 11.8 Å². The molecule has 0 aromatic carbocycles. The maximum atomic E-state index is 12.6. The summed E-state index contributed by atoms with van der Waals surface area (Å²) in [5.41, 5.74) is 0.396. The van der Waals surface area contributed by atoms with Crippen molar-refractivity contribution in [3.05, 3.63) is 11.9 Å². The molecule has 2 fully saturated rings. The Hall–Kier alpha value is -1.92.